The zero-order valence-corrected chi connectivity index (χ0v) is 74.3. The highest BCUT2D eigenvalue weighted by molar-refractivity contribution is 7.89. The number of carbonyl (C=O) groups excluding carboxylic acids is 3. The number of rotatable bonds is 42. The summed E-state index contributed by atoms with van der Waals surface area (Å²) in [6.45, 7) is 7.11. The van der Waals surface area contributed by atoms with Crippen LogP contribution in [0.15, 0.2) is 192 Å². The molecule has 3 amide bonds. The van der Waals surface area contributed by atoms with E-state index in [9.17, 15) is 31.2 Å². The second-order valence-electron chi connectivity index (χ2n) is 19.7. The number of carbonyl (C=O) groups is 3. The zero-order valence-electron chi connectivity index (χ0n) is 67.7. The summed E-state index contributed by atoms with van der Waals surface area (Å²) >= 11 is -11.1. The Balaban J connectivity index is -0.000000670. The van der Waals surface area contributed by atoms with Crippen LogP contribution in [0.5, 0.6) is 0 Å². The summed E-state index contributed by atoms with van der Waals surface area (Å²) in [6.07, 6.45) is 24.7. The number of hydrogen-bond donors (Lipinski definition) is 4. The van der Waals surface area contributed by atoms with Crippen molar-refractivity contribution >= 4 is 132 Å². The Labute approximate surface area is 730 Å². The van der Waals surface area contributed by atoms with Crippen LogP contribution >= 0.6 is 12.3 Å². The molecule has 0 aromatic carbocycles. The molecule has 7 rings (SSSR count). The maximum atomic E-state index is 11.0. The molecule has 0 spiro atoms. The Bertz CT molecular complexity index is 4330. The van der Waals surface area contributed by atoms with Crippen molar-refractivity contribution < 1.29 is 194 Å². The number of pyridine rings is 7. The van der Waals surface area contributed by atoms with Crippen LogP contribution in [0.4, 0.5) is 0 Å². The largest absolute Gasteiger partial charge is 0.750 e. The van der Waals surface area contributed by atoms with E-state index in [1.807, 2.05) is 78.5 Å². The fourth-order valence-electron chi connectivity index (χ4n) is 6.09. The number of ether oxygens (including phenoxy) is 4. The Morgan fingerprint density at radius 1 is 0.444 bits per heavy atom. The molecule has 0 saturated heterocycles. The van der Waals surface area contributed by atoms with Crippen molar-refractivity contribution in [2.75, 3.05) is 95.4 Å². The molecule has 7 heterocycles. The van der Waals surface area contributed by atoms with E-state index in [1.54, 1.807) is 124 Å². The molecule has 0 aliphatic heterocycles. The molecule has 0 bridgehead atoms. The molecule has 60 heteroatoms. The molecule has 124 heavy (non-hydrogen) atoms. The molecule has 0 aliphatic carbocycles. The van der Waals surface area contributed by atoms with Gasteiger partial charge in [0.2, 0.25) is 34.8 Å². The molecular weight excluding hydrogens is 1830 g/mol. The number of nitrogens with zero attached hydrogens (tertiary/aromatic N) is 11. The minimum absolute atomic E-state index is 0.104. The first-order valence-corrected chi connectivity index (χ1v) is 42.3. The number of nitrogens with two attached hydrogens (primary N) is 3. The highest BCUT2D eigenvalue weighted by Crippen LogP contribution is 2.04. The lowest BCUT2D eigenvalue weighted by atomic mass is 10.2. The lowest BCUT2D eigenvalue weighted by molar-refractivity contribution is -0.789. The average molecular weight is 1920 g/mol. The Morgan fingerprint density at radius 3 is 1.08 bits per heavy atom. The molecular formula is C64H94N14O38S8. The van der Waals surface area contributed by atoms with Gasteiger partial charge in [-0.3, -0.25) is 42.7 Å². The van der Waals surface area contributed by atoms with E-state index in [-0.39, 0.29) is 20.3 Å². The maximum absolute atomic E-state index is 11.0. The van der Waals surface area contributed by atoms with Crippen molar-refractivity contribution in [3.63, 3.8) is 0 Å². The quantitative estimate of drug-likeness (QED) is 0.00342. The van der Waals surface area contributed by atoms with Gasteiger partial charge in [0.15, 0.2) is 76.1 Å². The molecule has 696 valence electrons. The molecule has 52 nitrogen and oxygen atoms in total. The summed E-state index contributed by atoms with van der Waals surface area (Å²) in [4.78, 5) is 71.6. The van der Waals surface area contributed by atoms with Crippen molar-refractivity contribution in [3.05, 3.63) is 211 Å². The van der Waals surface area contributed by atoms with Crippen LogP contribution in [-0.2, 0) is 202 Å². The second-order valence-corrected chi connectivity index (χ2v) is 27.2. The van der Waals surface area contributed by atoms with E-state index in [0.29, 0.717) is 87.1 Å². The highest BCUT2D eigenvalue weighted by Gasteiger charge is 2.14. The van der Waals surface area contributed by atoms with E-state index in [4.69, 9.17) is 80.4 Å². The molecule has 0 saturated carbocycles. The zero-order chi connectivity index (χ0) is 94.0. The molecule has 5 unspecified atom stereocenters. The predicted molar refractivity (Wildman–Crippen MR) is 425 cm³/mol. The van der Waals surface area contributed by atoms with Gasteiger partial charge in [0.25, 0.3) is 53.9 Å². The van der Waals surface area contributed by atoms with Crippen LogP contribution in [0.3, 0.4) is 0 Å². The Morgan fingerprint density at radius 2 is 0.774 bits per heavy atom. The smallest absolute Gasteiger partial charge is 0.266 e. The first-order valence-electron chi connectivity index (χ1n) is 33.0. The van der Waals surface area contributed by atoms with Gasteiger partial charge in [-0.15, -0.1) is 4.33 Å². The van der Waals surface area contributed by atoms with Crippen LogP contribution in [0.2, 0.25) is 0 Å². The number of amides is 3. The van der Waals surface area contributed by atoms with Crippen molar-refractivity contribution in [2.24, 2.45) is 37.8 Å². The second kappa shape index (κ2) is 81.8. The topological polar surface area (TPSA) is 698 Å². The van der Waals surface area contributed by atoms with Crippen LogP contribution in [0, 0.1) is 0 Å². The van der Waals surface area contributed by atoms with Crippen molar-refractivity contribution in [1.82, 2.24) is 9.97 Å². The summed E-state index contributed by atoms with van der Waals surface area (Å²) < 4.78 is 199. The van der Waals surface area contributed by atoms with Gasteiger partial charge in [0.05, 0.1) is 155 Å². The van der Waals surface area contributed by atoms with E-state index in [0.717, 1.165) is 59.4 Å². The SMILES string of the molecule is CCOO/N=C\c1cccc[n+]1COCOS(C)(=O)=O.CCOO/N=C\c1cccc[n+]1COC[n+]1ccc(C(N)=O)cc1.CCOO/N=C\c1ccccn1.COOSOCOCOS(C)(=O)=O.COS(=O)[O-].COS(=O)[O-].COS(=O)[O-].COS(=O)[O-].COS(=O)[O-].NC(=O)c1cc[n+](COC[n+]2ccccc2/C=N/O)cc1.NC(=O)c1ccncc1. The van der Waals surface area contributed by atoms with Gasteiger partial charge in [0.1, 0.15) is 18.6 Å². The van der Waals surface area contributed by atoms with Gasteiger partial charge in [0, 0.05) is 84.8 Å². The standard InChI is InChI=1S/C16H19N4O4.C14H14N4O3.C11H17N2O6S.C8H10N2O2.C6H6N2O.C4H10O7S2.5CH4O3S/c1-2-23-24-18-11-15-5-3-4-8-20(15)13-22-12-19-9-6-14(7-10-19)16(17)21;15-14(19)12-4-7-17(8-5-12)10-21-11-18-6-2-1-3-13(18)9-16-20;1-3-17-19-12-8-11-6-4-5-7-13(11)9-16-10-18-20(2,14)15;1-2-11-12-10-7-8-5-3-4-6-9-8;7-6(9)5-1-3-8-4-2-5;1-7-11-12-9-3-8-4-10-13(2,5)6;5*1-4-5(2)3/h3-11H,2,12-13H2,1H3,(H-,17,21);1-9H,10-11H2,(H-,15,19);4-8H,3,9-10H2,1-2H3;3-7H,2H2,1H3;1-4H,(H2,7,9);3-4H2,1-2H3;5*1H3,(H,2,3)/q+1;;+1;;;;;;;;/p-2/b18-11-;;12-8-;10-7-;;;;;;;. The van der Waals surface area contributed by atoms with Crippen molar-refractivity contribution in [3.8, 4) is 0 Å². The minimum atomic E-state index is -3.51. The molecule has 0 aliphatic rings. The normalized spacial score (nSPS) is 11.7. The van der Waals surface area contributed by atoms with Crippen LogP contribution in [-0.4, -0.2) is 214 Å². The number of aromatic nitrogens is 7. The monoisotopic (exact) mass is 1920 g/mol. The first-order chi connectivity index (χ1) is 59.1. The van der Waals surface area contributed by atoms with Gasteiger partial charge in [-0.1, -0.05) is 16.4 Å². The lowest BCUT2D eigenvalue weighted by Gasteiger charge is -2.02. The number of hydrogen-bond acceptors (Lipinski definition) is 45. The van der Waals surface area contributed by atoms with E-state index >= 15 is 0 Å². The molecule has 7 aromatic heterocycles. The van der Waals surface area contributed by atoms with E-state index in [1.165, 1.54) is 44.4 Å². The molecule has 5 atom stereocenters. The lowest BCUT2D eigenvalue weighted by Crippen LogP contribution is -2.42. The summed E-state index contributed by atoms with van der Waals surface area (Å²) in [5.74, 6) is -1.34. The van der Waals surface area contributed by atoms with Crippen LogP contribution in [0.1, 0.15) is 74.6 Å². The average Bonchev–Trinajstić information content (AvgIpc) is 1.76. The van der Waals surface area contributed by atoms with Gasteiger partial charge in [-0.25, -0.2) is 49.3 Å². The first kappa shape index (κ1) is 121. The van der Waals surface area contributed by atoms with Gasteiger partial charge in [-0.2, -0.15) is 54.3 Å². The third kappa shape index (κ3) is 79.6. The van der Waals surface area contributed by atoms with Crippen molar-refractivity contribution in [1.29, 1.82) is 0 Å². The summed E-state index contributed by atoms with van der Waals surface area (Å²) in [6, 6.07) is 31.7. The van der Waals surface area contributed by atoms with Gasteiger partial charge >= 0.3 is 0 Å². The third-order valence-electron chi connectivity index (χ3n) is 11.1. The summed E-state index contributed by atoms with van der Waals surface area (Å²) in [5.41, 5.74) is 19.6. The Kier molecular flexibility index (Phi) is 79.6. The molecule has 7 N–H and O–H groups in total. The Hall–Kier alpha value is -9.54. The minimum Gasteiger partial charge on any atom is -0.750 e. The third-order valence-corrected chi connectivity index (χ3v) is 13.9. The molecule has 0 fully saturated rings. The highest BCUT2D eigenvalue weighted by atomic mass is 32.2. The predicted octanol–water partition coefficient (Wildman–Crippen LogP) is -0.971. The summed E-state index contributed by atoms with van der Waals surface area (Å²) in [5, 5.41) is 22.4. The van der Waals surface area contributed by atoms with Crippen molar-refractivity contribution in [2.45, 2.75) is 54.4 Å². The maximum Gasteiger partial charge on any atom is 0.266 e. The molecule has 0 radical (unpaired) electrons. The number of oxime groups is 4. The van der Waals surface area contributed by atoms with Crippen LogP contribution < -0.4 is 40.0 Å². The fraction of sp³-hybridized carbons (Fsp3) is 0.344. The van der Waals surface area contributed by atoms with E-state index < -0.39 is 102 Å². The van der Waals surface area contributed by atoms with Gasteiger partial charge in [-0.05, 0) is 73.5 Å². The van der Waals surface area contributed by atoms with Gasteiger partial charge < -0.3 is 70.8 Å². The van der Waals surface area contributed by atoms with Crippen LogP contribution in [0.25, 0.3) is 0 Å². The van der Waals surface area contributed by atoms with E-state index in [2.05, 4.69) is 108 Å². The summed E-state index contributed by atoms with van der Waals surface area (Å²) in [7, 11) is -0.230. The molecule has 7 aromatic rings. The number of primary amides is 3. The fourth-order valence-corrected chi connectivity index (χ4v) is 6.78.